The van der Waals surface area contributed by atoms with Gasteiger partial charge >= 0.3 is 12.0 Å². The van der Waals surface area contributed by atoms with Crippen LogP contribution >= 0.6 is 0 Å². The van der Waals surface area contributed by atoms with Crippen LogP contribution in [0.3, 0.4) is 0 Å². The lowest BCUT2D eigenvalue weighted by molar-refractivity contribution is -0.138. The summed E-state index contributed by atoms with van der Waals surface area (Å²) in [6.07, 6.45) is 2.17. The molecule has 1 saturated heterocycles. The van der Waals surface area contributed by atoms with Crippen molar-refractivity contribution in [2.24, 2.45) is 17.6 Å². The second kappa shape index (κ2) is 7.85. The molecule has 1 rings (SSSR count). The molecule has 3 amide bonds. The van der Waals surface area contributed by atoms with Crippen molar-refractivity contribution in [3.63, 3.8) is 0 Å². The SMILES string of the molecule is CCC(CNC(=O)N1CC(C(N)=O)CCC1C)CC(=O)O. The van der Waals surface area contributed by atoms with Crippen LogP contribution in [0, 0.1) is 11.8 Å². The Morgan fingerprint density at radius 2 is 2.05 bits per heavy atom. The third-order valence-electron chi connectivity index (χ3n) is 4.13. The normalized spacial score (nSPS) is 23.4. The van der Waals surface area contributed by atoms with E-state index in [4.69, 9.17) is 10.8 Å². The number of piperidine rings is 1. The van der Waals surface area contributed by atoms with Crippen molar-refractivity contribution in [2.45, 2.75) is 45.6 Å². The van der Waals surface area contributed by atoms with Crippen molar-refractivity contribution >= 4 is 17.9 Å². The summed E-state index contributed by atoms with van der Waals surface area (Å²) in [5.41, 5.74) is 5.31. The average Bonchev–Trinajstić information content (AvgIpc) is 2.42. The molecule has 0 radical (unpaired) electrons. The van der Waals surface area contributed by atoms with Crippen molar-refractivity contribution in [2.75, 3.05) is 13.1 Å². The highest BCUT2D eigenvalue weighted by Crippen LogP contribution is 2.21. The number of urea groups is 1. The Morgan fingerprint density at radius 1 is 1.38 bits per heavy atom. The summed E-state index contributed by atoms with van der Waals surface area (Å²) >= 11 is 0. The van der Waals surface area contributed by atoms with Crippen LogP contribution in [0.4, 0.5) is 4.79 Å². The molecule has 4 N–H and O–H groups in total. The van der Waals surface area contributed by atoms with Crippen LogP contribution in [-0.2, 0) is 9.59 Å². The van der Waals surface area contributed by atoms with E-state index in [0.717, 1.165) is 6.42 Å². The number of likely N-dealkylation sites (tertiary alicyclic amines) is 1. The standard InChI is InChI=1S/C14H25N3O4/c1-3-10(6-12(18)19)7-16-14(21)17-8-11(13(15)20)5-4-9(17)2/h9-11H,3-8H2,1-2H3,(H2,15,20)(H,16,21)(H,18,19). The van der Waals surface area contributed by atoms with Gasteiger partial charge in [-0.15, -0.1) is 0 Å². The van der Waals surface area contributed by atoms with E-state index in [2.05, 4.69) is 5.32 Å². The lowest BCUT2D eigenvalue weighted by Crippen LogP contribution is -2.52. The summed E-state index contributed by atoms with van der Waals surface area (Å²) in [5.74, 6) is -1.63. The van der Waals surface area contributed by atoms with E-state index in [1.165, 1.54) is 0 Å². The number of primary amides is 1. The maximum atomic E-state index is 12.2. The van der Waals surface area contributed by atoms with Crippen LogP contribution < -0.4 is 11.1 Å². The van der Waals surface area contributed by atoms with E-state index >= 15 is 0 Å². The minimum Gasteiger partial charge on any atom is -0.481 e. The van der Waals surface area contributed by atoms with Crippen molar-refractivity contribution < 1.29 is 19.5 Å². The van der Waals surface area contributed by atoms with Gasteiger partial charge in [-0.3, -0.25) is 9.59 Å². The number of carbonyl (C=O) groups is 3. The van der Waals surface area contributed by atoms with Gasteiger partial charge in [-0.25, -0.2) is 4.79 Å². The molecular formula is C14H25N3O4. The Kier molecular flexibility index (Phi) is 6.45. The number of nitrogens with zero attached hydrogens (tertiary/aromatic N) is 1. The number of nitrogens with two attached hydrogens (primary N) is 1. The van der Waals surface area contributed by atoms with E-state index in [-0.39, 0.29) is 36.2 Å². The highest BCUT2D eigenvalue weighted by Gasteiger charge is 2.31. The number of hydrogen-bond acceptors (Lipinski definition) is 3. The molecule has 7 heteroatoms. The third-order valence-corrected chi connectivity index (χ3v) is 4.13. The molecule has 7 nitrogen and oxygen atoms in total. The van der Waals surface area contributed by atoms with Gasteiger partial charge in [-0.2, -0.15) is 0 Å². The van der Waals surface area contributed by atoms with Crippen LogP contribution in [0.25, 0.3) is 0 Å². The fraction of sp³-hybridized carbons (Fsp3) is 0.786. The maximum absolute atomic E-state index is 12.2. The van der Waals surface area contributed by atoms with Gasteiger partial charge in [0.1, 0.15) is 0 Å². The largest absolute Gasteiger partial charge is 0.481 e. The first-order chi connectivity index (χ1) is 9.85. The highest BCUT2D eigenvalue weighted by atomic mass is 16.4. The number of nitrogens with one attached hydrogen (secondary N) is 1. The number of aliphatic carboxylic acids is 1. The molecule has 1 aliphatic rings. The van der Waals surface area contributed by atoms with E-state index < -0.39 is 5.97 Å². The highest BCUT2D eigenvalue weighted by molar-refractivity contribution is 5.79. The van der Waals surface area contributed by atoms with Gasteiger partial charge in [0.15, 0.2) is 0 Å². The first kappa shape index (κ1) is 17.3. The number of carboxylic acid groups (broad SMARTS) is 1. The van der Waals surface area contributed by atoms with Crippen molar-refractivity contribution in [1.29, 1.82) is 0 Å². The zero-order valence-electron chi connectivity index (χ0n) is 12.7. The molecule has 3 atom stereocenters. The Labute approximate surface area is 124 Å². The smallest absolute Gasteiger partial charge is 0.317 e. The van der Waals surface area contributed by atoms with Gasteiger partial charge in [0.2, 0.25) is 5.91 Å². The molecule has 0 saturated carbocycles. The summed E-state index contributed by atoms with van der Waals surface area (Å²) in [4.78, 5) is 35.8. The molecule has 1 aliphatic heterocycles. The molecule has 0 aliphatic carbocycles. The number of hydrogen-bond donors (Lipinski definition) is 3. The van der Waals surface area contributed by atoms with E-state index in [9.17, 15) is 14.4 Å². The predicted octanol–water partition coefficient (Wildman–Crippen LogP) is 0.783. The Morgan fingerprint density at radius 3 is 2.57 bits per heavy atom. The molecule has 1 fully saturated rings. The number of rotatable bonds is 6. The summed E-state index contributed by atoms with van der Waals surface area (Å²) < 4.78 is 0. The zero-order chi connectivity index (χ0) is 16.0. The van der Waals surface area contributed by atoms with Crippen molar-refractivity contribution in [3.05, 3.63) is 0 Å². The van der Waals surface area contributed by atoms with E-state index in [1.54, 1.807) is 4.90 Å². The van der Waals surface area contributed by atoms with Crippen LogP contribution in [0.2, 0.25) is 0 Å². The van der Waals surface area contributed by atoms with Gasteiger partial charge < -0.3 is 21.1 Å². The molecule has 21 heavy (non-hydrogen) atoms. The third kappa shape index (κ3) is 5.24. The molecule has 0 bridgehead atoms. The molecule has 0 spiro atoms. The minimum absolute atomic E-state index is 0.0379. The Balaban J connectivity index is 2.52. The second-order valence-corrected chi connectivity index (χ2v) is 5.74. The van der Waals surface area contributed by atoms with Crippen LogP contribution in [0.5, 0.6) is 0 Å². The Hall–Kier alpha value is -1.79. The maximum Gasteiger partial charge on any atom is 0.317 e. The van der Waals surface area contributed by atoms with Crippen molar-refractivity contribution in [1.82, 2.24) is 10.2 Å². The average molecular weight is 299 g/mol. The fourth-order valence-electron chi connectivity index (χ4n) is 2.56. The first-order valence-corrected chi connectivity index (χ1v) is 7.40. The minimum atomic E-state index is -0.865. The first-order valence-electron chi connectivity index (χ1n) is 7.40. The van der Waals surface area contributed by atoms with Crippen LogP contribution in [0.1, 0.15) is 39.5 Å². The number of amides is 3. The molecule has 0 aromatic carbocycles. The van der Waals surface area contributed by atoms with Crippen LogP contribution in [-0.4, -0.2) is 47.0 Å². The van der Waals surface area contributed by atoms with Gasteiger partial charge in [0.05, 0.1) is 5.92 Å². The summed E-state index contributed by atoms with van der Waals surface area (Å²) in [6, 6.07) is -0.197. The Bertz CT molecular complexity index is 400. The quantitative estimate of drug-likeness (QED) is 0.672. The molecule has 0 aromatic rings. The topological polar surface area (TPSA) is 113 Å². The number of carboxylic acids is 1. The van der Waals surface area contributed by atoms with Gasteiger partial charge in [-0.05, 0) is 25.7 Å². The fourth-order valence-corrected chi connectivity index (χ4v) is 2.56. The van der Waals surface area contributed by atoms with E-state index in [0.29, 0.717) is 25.9 Å². The van der Waals surface area contributed by atoms with Gasteiger partial charge in [0.25, 0.3) is 0 Å². The molecule has 3 unspecified atom stereocenters. The molecular weight excluding hydrogens is 274 g/mol. The number of carbonyl (C=O) groups excluding carboxylic acids is 2. The van der Waals surface area contributed by atoms with Gasteiger partial charge in [0, 0.05) is 25.6 Å². The predicted molar refractivity (Wildman–Crippen MR) is 77.5 cm³/mol. The van der Waals surface area contributed by atoms with Crippen molar-refractivity contribution in [3.8, 4) is 0 Å². The lowest BCUT2D eigenvalue weighted by Gasteiger charge is -2.37. The molecule has 0 aromatic heterocycles. The second-order valence-electron chi connectivity index (χ2n) is 5.74. The zero-order valence-corrected chi connectivity index (χ0v) is 12.7. The van der Waals surface area contributed by atoms with Gasteiger partial charge in [-0.1, -0.05) is 13.3 Å². The lowest BCUT2D eigenvalue weighted by atomic mass is 9.93. The summed E-state index contributed by atoms with van der Waals surface area (Å²) in [6.45, 7) is 4.49. The molecule has 120 valence electrons. The summed E-state index contributed by atoms with van der Waals surface area (Å²) in [7, 11) is 0. The summed E-state index contributed by atoms with van der Waals surface area (Å²) in [5, 5.41) is 11.6. The van der Waals surface area contributed by atoms with E-state index in [1.807, 2.05) is 13.8 Å². The molecule has 1 heterocycles. The monoisotopic (exact) mass is 299 g/mol. The van der Waals surface area contributed by atoms with Crippen LogP contribution in [0.15, 0.2) is 0 Å².